The Morgan fingerprint density at radius 1 is 1.04 bits per heavy atom. The fourth-order valence-corrected chi connectivity index (χ4v) is 5.67. The zero-order valence-corrected chi connectivity index (χ0v) is 15.6. The van der Waals surface area contributed by atoms with E-state index in [1.54, 1.807) is 6.92 Å². The van der Waals surface area contributed by atoms with Crippen molar-refractivity contribution in [3.63, 3.8) is 0 Å². The number of benzene rings is 1. The molecule has 0 unspecified atom stereocenters. The molecule has 1 aromatic rings. The Labute approximate surface area is 152 Å². The highest BCUT2D eigenvalue weighted by atomic mass is 16.1. The number of likely N-dealkylation sites (tertiary alicyclic amines) is 1. The van der Waals surface area contributed by atoms with E-state index < -0.39 is 0 Å². The van der Waals surface area contributed by atoms with Gasteiger partial charge in [-0.1, -0.05) is 43.5 Å². The van der Waals surface area contributed by atoms with Crippen molar-refractivity contribution >= 4 is 5.91 Å². The van der Waals surface area contributed by atoms with Crippen LogP contribution in [-0.2, 0) is 10.2 Å². The van der Waals surface area contributed by atoms with E-state index in [0.717, 1.165) is 12.5 Å². The summed E-state index contributed by atoms with van der Waals surface area (Å²) >= 11 is 0. The molecule has 1 N–H and O–H groups in total. The molecule has 0 bridgehead atoms. The van der Waals surface area contributed by atoms with Crippen LogP contribution in [-0.4, -0.2) is 29.9 Å². The highest BCUT2D eigenvalue weighted by Gasteiger charge is 2.42. The summed E-state index contributed by atoms with van der Waals surface area (Å²) in [5.41, 5.74) is 3.23. The van der Waals surface area contributed by atoms with Crippen LogP contribution in [0.4, 0.5) is 0 Å². The van der Waals surface area contributed by atoms with E-state index in [2.05, 4.69) is 34.5 Å². The standard InChI is InChI=1S/C22H32N2O/c1-17(25)23-21-11-12-22(20-10-6-5-9-19(20)21)13-15-24(16-14-22)18-7-3-2-4-8-18/h5-6,9-10,18,21H,2-4,7-8,11-16H2,1H3,(H,23,25)/t21-/m0/s1. The third-order valence-electron chi connectivity index (χ3n) is 7.04. The van der Waals surface area contributed by atoms with Gasteiger partial charge in [0.05, 0.1) is 6.04 Å². The van der Waals surface area contributed by atoms with Crippen LogP contribution in [0.1, 0.15) is 81.9 Å². The monoisotopic (exact) mass is 340 g/mol. The summed E-state index contributed by atoms with van der Waals surface area (Å²) in [4.78, 5) is 14.4. The number of carbonyl (C=O) groups excluding carboxylic acids is 1. The van der Waals surface area contributed by atoms with E-state index in [1.807, 2.05) is 0 Å². The predicted octanol–water partition coefficient (Wildman–Crippen LogP) is 4.32. The van der Waals surface area contributed by atoms with Crippen LogP contribution in [0.5, 0.6) is 0 Å². The summed E-state index contributed by atoms with van der Waals surface area (Å²) in [6, 6.07) is 9.94. The molecule has 136 valence electrons. The summed E-state index contributed by atoms with van der Waals surface area (Å²) in [5.74, 6) is 0.0860. The van der Waals surface area contributed by atoms with Gasteiger partial charge in [0.2, 0.25) is 5.91 Å². The second kappa shape index (κ2) is 7.11. The van der Waals surface area contributed by atoms with Gasteiger partial charge in [-0.05, 0) is 68.2 Å². The molecule has 1 saturated carbocycles. The molecule has 2 aliphatic carbocycles. The maximum absolute atomic E-state index is 11.6. The van der Waals surface area contributed by atoms with Gasteiger partial charge in [-0.15, -0.1) is 0 Å². The van der Waals surface area contributed by atoms with Crippen molar-refractivity contribution in [1.29, 1.82) is 0 Å². The SMILES string of the molecule is CC(=O)N[C@H]1CCC2(CCN(C3CCCCC3)CC2)c2ccccc21. The van der Waals surface area contributed by atoms with E-state index in [-0.39, 0.29) is 11.9 Å². The number of rotatable bonds is 2. The van der Waals surface area contributed by atoms with Crippen molar-refractivity contribution in [2.24, 2.45) is 0 Å². The highest BCUT2D eigenvalue weighted by molar-refractivity contribution is 5.73. The molecule has 1 spiro atoms. The highest BCUT2D eigenvalue weighted by Crippen LogP contribution is 2.48. The number of piperidine rings is 1. The van der Waals surface area contributed by atoms with Gasteiger partial charge < -0.3 is 10.2 Å². The van der Waals surface area contributed by atoms with Crippen LogP contribution >= 0.6 is 0 Å². The molecule has 3 aliphatic rings. The lowest BCUT2D eigenvalue weighted by Gasteiger charge is -2.49. The first kappa shape index (κ1) is 17.1. The Hall–Kier alpha value is -1.35. The van der Waals surface area contributed by atoms with E-state index in [1.165, 1.54) is 75.6 Å². The Bertz CT molecular complexity index is 612. The minimum atomic E-state index is 0.0860. The summed E-state index contributed by atoms with van der Waals surface area (Å²) in [7, 11) is 0. The number of nitrogens with zero attached hydrogens (tertiary/aromatic N) is 1. The van der Waals surface area contributed by atoms with Crippen molar-refractivity contribution in [1.82, 2.24) is 10.2 Å². The fourth-order valence-electron chi connectivity index (χ4n) is 5.67. The minimum absolute atomic E-state index is 0.0860. The Balaban J connectivity index is 1.51. The molecule has 2 fully saturated rings. The molecule has 1 saturated heterocycles. The zero-order valence-electron chi connectivity index (χ0n) is 15.6. The average Bonchev–Trinajstić information content (AvgIpc) is 2.66. The average molecular weight is 341 g/mol. The second-order valence-corrected chi connectivity index (χ2v) is 8.49. The first-order valence-corrected chi connectivity index (χ1v) is 10.3. The first-order valence-electron chi connectivity index (χ1n) is 10.3. The lowest BCUT2D eigenvalue weighted by Crippen LogP contribution is -2.49. The van der Waals surface area contributed by atoms with Crippen LogP contribution in [0.2, 0.25) is 0 Å². The van der Waals surface area contributed by atoms with Gasteiger partial charge >= 0.3 is 0 Å². The van der Waals surface area contributed by atoms with Gasteiger partial charge in [-0.25, -0.2) is 0 Å². The number of hydrogen-bond donors (Lipinski definition) is 1. The molecule has 4 rings (SSSR count). The molecule has 0 radical (unpaired) electrons. The van der Waals surface area contributed by atoms with Crippen molar-refractivity contribution in [3.05, 3.63) is 35.4 Å². The van der Waals surface area contributed by atoms with Crippen LogP contribution in [0.3, 0.4) is 0 Å². The van der Waals surface area contributed by atoms with Crippen molar-refractivity contribution in [2.45, 2.75) is 82.2 Å². The van der Waals surface area contributed by atoms with E-state index >= 15 is 0 Å². The number of amides is 1. The third-order valence-corrected chi connectivity index (χ3v) is 7.04. The van der Waals surface area contributed by atoms with Crippen molar-refractivity contribution in [2.75, 3.05) is 13.1 Å². The van der Waals surface area contributed by atoms with Crippen LogP contribution in [0, 0.1) is 0 Å². The molecular formula is C22H32N2O. The van der Waals surface area contributed by atoms with Gasteiger partial charge in [-0.2, -0.15) is 0 Å². The second-order valence-electron chi connectivity index (χ2n) is 8.49. The normalized spacial score (nSPS) is 27.0. The van der Waals surface area contributed by atoms with Crippen LogP contribution in [0.15, 0.2) is 24.3 Å². The van der Waals surface area contributed by atoms with E-state index in [9.17, 15) is 4.79 Å². The Kier molecular flexibility index (Phi) is 4.86. The molecule has 1 heterocycles. The summed E-state index contributed by atoms with van der Waals surface area (Å²) < 4.78 is 0. The Morgan fingerprint density at radius 3 is 2.48 bits per heavy atom. The predicted molar refractivity (Wildman–Crippen MR) is 102 cm³/mol. The molecule has 1 atom stereocenters. The molecule has 3 heteroatoms. The zero-order chi connectivity index (χ0) is 17.3. The number of carbonyl (C=O) groups is 1. The van der Waals surface area contributed by atoms with E-state index in [0.29, 0.717) is 5.41 Å². The maximum Gasteiger partial charge on any atom is 0.217 e. The molecule has 1 aromatic carbocycles. The number of hydrogen-bond acceptors (Lipinski definition) is 2. The van der Waals surface area contributed by atoms with Gasteiger partial charge in [0.25, 0.3) is 0 Å². The van der Waals surface area contributed by atoms with Crippen LogP contribution < -0.4 is 5.32 Å². The number of nitrogens with one attached hydrogen (secondary N) is 1. The van der Waals surface area contributed by atoms with Gasteiger partial charge in [0, 0.05) is 13.0 Å². The Morgan fingerprint density at radius 2 is 1.76 bits per heavy atom. The van der Waals surface area contributed by atoms with E-state index in [4.69, 9.17) is 0 Å². The van der Waals surface area contributed by atoms with Gasteiger partial charge in [-0.3, -0.25) is 4.79 Å². The molecular weight excluding hydrogens is 308 g/mol. The van der Waals surface area contributed by atoms with Gasteiger partial charge in [0.15, 0.2) is 0 Å². The van der Waals surface area contributed by atoms with Crippen molar-refractivity contribution in [3.8, 4) is 0 Å². The molecule has 25 heavy (non-hydrogen) atoms. The summed E-state index contributed by atoms with van der Waals surface area (Å²) in [6.45, 7) is 4.14. The quantitative estimate of drug-likeness (QED) is 0.869. The summed E-state index contributed by atoms with van der Waals surface area (Å²) in [5, 5.41) is 3.17. The van der Waals surface area contributed by atoms with Crippen LogP contribution in [0.25, 0.3) is 0 Å². The number of fused-ring (bicyclic) bond motifs is 2. The largest absolute Gasteiger partial charge is 0.350 e. The third kappa shape index (κ3) is 3.36. The first-order chi connectivity index (χ1) is 12.2. The smallest absolute Gasteiger partial charge is 0.217 e. The molecule has 3 nitrogen and oxygen atoms in total. The molecule has 1 aliphatic heterocycles. The van der Waals surface area contributed by atoms with Crippen molar-refractivity contribution < 1.29 is 4.79 Å². The molecule has 0 aromatic heterocycles. The molecule has 1 amide bonds. The maximum atomic E-state index is 11.6. The lowest BCUT2D eigenvalue weighted by atomic mass is 9.63. The summed E-state index contributed by atoms with van der Waals surface area (Å²) in [6.07, 6.45) is 12.0. The minimum Gasteiger partial charge on any atom is -0.350 e. The lowest BCUT2D eigenvalue weighted by molar-refractivity contribution is -0.119. The topological polar surface area (TPSA) is 32.3 Å². The van der Waals surface area contributed by atoms with Gasteiger partial charge in [0.1, 0.15) is 0 Å². The fraction of sp³-hybridized carbons (Fsp3) is 0.682.